The second-order valence-electron chi connectivity index (χ2n) is 7.89. The number of hydrogen-bond donors (Lipinski definition) is 0. The summed E-state index contributed by atoms with van der Waals surface area (Å²) in [6.45, 7) is 10.2. The Morgan fingerprint density at radius 2 is 2.04 bits per heavy atom. The molecule has 0 spiro atoms. The van der Waals surface area contributed by atoms with Gasteiger partial charge in [0.25, 0.3) is 0 Å². The van der Waals surface area contributed by atoms with E-state index in [0.29, 0.717) is 18.6 Å². The second kappa shape index (κ2) is 7.51. The van der Waals surface area contributed by atoms with Gasteiger partial charge in [0.15, 0.2) is 0 Å². The summed E-state index contributed by atoms with van der Waals surface area (Å²) in [6, 6.07) is 8.07. The Balaban J connectivity index is 1.47. The van der Waals surface area contributed by atoms with Gasteiger partial charge in [-0.25, -0.2) is 0 Å². The zero-order valence-electron chi connectivity index (χ0n) is 15.9. The molecule has 1 aliphatic heterocycles. The van der Waals surface area contributed by atoms with Crippen molar-refractivity contribution >= 4 is 0 Å². The number of hydrogen-bond acceptors (Lipinski definition) is 3. The molecule has 0 unspecified atom stereocenters. The van der Waals surface area contributed by atoms with E-state index in [4.69, 9.17) is 14.2 Å². The predicted molar refractivity (Wildman–Crippen MR) is 101 cm³/mol. The van der Waals surface area contributed by atoms with E-state index in [9.17, 15) is 0 Å². The largest absolute Gasteiger partial charge is 0.497 e. The predicted octanol–water partition coefficient (Wildman–Crippen LogP) is 5.14. The highest BCUT2D eigenvalue weighted by Crippen LogP contribution is 2.64. The van der Waals surface area contributed by atoms with E-state index < -0.39 is 0 Å². The van der Waals surface area contributed by atoms with Gasteiger partial charge in [-0.15, -0.1) is 6.58 Å². The summed E-state index contributed by atoms with van der Waals surface area (Å²) in [4.78, 5) is 0. The lowest BCUT2D eigenvalue weighted by molar-refractivity contribution is 0.0361. The van der Waals surface area contributed by atoms with Crippen LogP contribution in [0.2, 0.25) is 0 Å². The Morgan fingerprint density at radius 1 is 1.28 bits per heavy atom. The van der Waals surface area contributed by atoms with Crippen molar-refractivity contribution in [2.75, 3.05) is 13.7 Å². The minimum Gasteiger partial charge on any atom is -0.497 e. The molecule has 1 aromatic carbocycles. The summed E-state index contributed by atoms with van der Waals surface area (Å²) >= 11 is 0. The van der Waals surface area contributed by atoms with Crippen LogP contribution >= 0.6 is 0 Å². The molecule has 0 radical (unpaired) electrons. The molecule has 25 heavy (non-hydrogen) atoms. The van der Waals surface area contributed by atoms with Gasteiger partial charge >= 0.3 is 0 Å². The molecule has 2 fully saturated rings. The first kappa shape index (κ1) is 18.5. The zero-order chi connectivity index (χ0) is 17.9. The second-order valence-corrected chi connectivity index (χ2v) is 7.89. The smallest absolute Gasteiger partial charge is 0.118 e. The van der Waals surface area contributed by atoms with E-state index >= 15 is 0 Å². The molecule has 1 saturated heterocycles. The minimum atomic E-state index is 0.0579. The quantitative estimate of drug-likeness (QED) is 0.353. The van der Waals surface area contributed by atoms with Gasteiger partial charge in [-0.05, 0) is 55.7 Å². The highest BCUT2D eigenvalue weighted by atomic mass is 16.6. The van der Waals surface area contributed by atoms with E-state index in [1.165, 1.54) is 18.4 Å². The Hall–Kier alpha value is -1.32. The van der Waals surface area contributed by atoms with E-state index in [2.05, 4.69) is 38.6 Å². The Morgan fingerprint density at radius 3 is 2.72 bits per heavy atom. The Kier molecular flexibility index (Phi) is 5.55. The molecule has 138 valence electrons. The van der Waals surface area contributed by atoms with Crippen LogP contribution in [0.4, 0.5) is 0 Å². The molecule has 4 atom stereocenters. The molecule has 0 amide bonds. The molecule has 1 heterocycles. The average molecular weight is 344 g/mol. The third kappa shape index (κ3) is 3.50. The molecule has 1 aliphatic carbocycles. The maximum absolute atomic E-state index is 6.28. The van der Waals surface area contributed by atoms with Crippen LogP contribution in [0.5, 0.6) is 5.75 Å². The van der Waals surface area contributed by atoms with Gasteiger partial charge in [-0.2, -0.15) is 0 Å². The molecule has 2 aliphatic rings. The zero-order valence-corrected chi connectivity index (χ0v) is 15.9. The van der Waals surface area contributed by atoms with E-state index in [-0.39, 0.29) is 11.0 Å². The summed E-state index contributed by atoms with van der Waals surface area (Å²) in [5.41, 5.74) is 1.46. The van der Waals surface area contributed by atoms with Crippen molar-refractivity contribution in [1.29, 1.82) is 0 Å². The van der Waals surface area contributed by atoms with Gasteiger partial charge in [0.1, 0.15) is 11.4 Å². The standard InChI is InChI=1S/C22H32O3/c1-5-13-21(3)17(2)7-12-20-22(21,25-20)14-6-15-24-16-18-8-10-19(23-4)11-9-18/h5,8-11,17,20H,1,6-7,12-16H2,2-4H3/t17-,20+,21+,22+/m0/s1. The first-order valence-electron chi connectivity index (χ1n) is 9.55. The third-order valence-electron chi connectivity index (χ3n) is 6.56. The maximum Gasteiger partial charge on any atom is 0.118 e. The SMILES string of the molecule is C=CC[C@]1(C)[C@@H](C)CC[C@H]2O[C@]21CCCOCc1ccc(OC)cc1. The van der Waals surface area contributed by atoms with Crippen molar-refractivity contribution in [2.45, 2.75) is 64.3 Å². The van der Waals surface area contributed by atoms with Crippen molar-refractivity contribution in [3.05, 3.63) is 42.5 Å². The Bertz CT molecular complexity index is 581. The average Bonchev–Trinajstić information content (AvgIpc) is 3.35. The van der Waals surface area contributed by atoms with E-state index in [1.54, 1.807) is 7.11 Å². The fourth-order valence-corrected chi connectivity index (χ4v) is 4.68. The number of benzene rings is 1. The molecule has 3 heteroatoms. The van der Waals surface area contributed by atoms with Crippen LogP contribution in [0.15, 0.2) is 36.9 Å². The number of rotatable bonds is 9. The number of allylic oxidation sites excluding steroid dienone is 1. The minimum absolute atomic E-state index is 0.0579. The van der Waals surface area contributed by atoms with Gasteiger partial charge in [-0.1, -0.05) is 32.1 Å². The van der Waals surface area contributed by atoms with Crippen LogP contribution in [-0.2, 0) is 16.1 Å². The van der Waals surface area contributed by atoms with E-state index in [1.807, 2.05) is 12.1 Å². The van der Waals surface area contributed by atoms with Crippen LogP contribution in [0.3, 0.4) is 0 Å². The monoisotopic (exact) mass is 344 g/mol. The molecule has 1 saturated carbocycles. The number of fused-ring (bicyclic) bond motifs is 1. The van der Waals surface area contributed by atoms with Crippen LogP contribution in [0.25, 0.3) is 0 Å². The highest BCUT2D eigenvalue weighted by Gasteiger charge is 2.68. The Labute approximate surface area is 152 Å². The van der Waals surface area contributed by atoms with Gasteiger partial charge in [0.2, 0.25) is 0 Å². The van der Waals surface area contributed by atoms with Gasteiger partial charge in [0, 0.05) is 12.0 Å². The molecule has 3 rings (SSSR count). The molecule has 0 bridgehead atoms. The lowest BCUT2D eigenvalue weighted by atomic mass is 9.58. The van der Waals surface area contributed by atoms with Crippen molar-refractivity contribution in [1.82, 2.24) is 0 Å². The van der Waals surface area contributed by atoms with Crippen molar-refractivity contribution in [3.63, 3.8) is 0 Å². The van der Waals surface area contributed by atoms with Gasteiger partial charge < -0.3 is 14.2 Å². The number of methoxy groups -OCH3 is 1. The fraction of sp³-hybridized carbons (Fsp3) is 0.636. The van der Waals surface area contributed by atoms with Crippen molar-refractivity contribution in [2.24, 2.45) is 11.3 Å². The maximum atomic E-state index is 6.28. The van der Waals surface area contributed by atoms with Crippen LogP contribution in [0, 0.1) is 11.3 Å². The number of ether oxygens (including phenoxy) is 3. The molecular weight excluding hydrogens is 312 g/mol. The van der Waals surface area contributed by atoms with Crippen molar-refractivity contribution in [3.8, 4) is 5.75 Å². The molecule has 3 nitrogen and oxygen atoms in total. The third-order valence-corrected chi connectivity index (χ3v) is 6.56. The lowest BCUT2D eigenvalue weighted by Gasteiger charge is -2.44. The summed E-state index contributed by atoms with van der Waals surface area (Å²) < 4.78 is 17.3. The molecule has 0 N–H and O–H groups in total. The first-order chi connectivity index (χ1) is 12.1. The number of epoxide rings is 1. The van der Waals surface area contributed by atoms with Crippen LogP contribution in [-0.4, -0.2) is 25.4 Å². The summed E-state index contributed by atoms with van der Waals surface area (Å²) in [5, 5.41) is 0. The summed E-state index contributed by atoms with van der Waals surface area (Å²) in [7, 11) is 1.68. The summed E-state index contributed by atoms with van der Waals surface area (Å²) in [5.74, 6) is 1.57. The van der Waals surface area contributed by atoms with Crippen LogP contribution in [0.1, 0.15) is 51.5 Å². The first-order valence-corrected chi connectivity index (χ1v) is 9.55. The van der Waals surface area contributed by atoms with Gasteiger partial charge in [-0.3, -0.25) is 0 Å². The lowest BCUT2D eigenvalue weighted by Crippen LogP contribution is -2.45. The topological polar surface area (TPSA) is 31.0 Å². The molecular formula is C22H32O3. The van der Waals surface area contributed by atoms with E-state index in [0.717, 1.165) is 31.6 Å². The van der Waals surface area contributed by atoms with Crippen molar-refractivity contribution < 1.29 is 14.2 Å². The van der Waals surface area contributed by atoms with Gasteiger partial charge in [0.05, 0.1) is 19.8 Å². The molecule has 0 aromatic heterocycles. The molecule has 1 aromatic rings. The van der Waals surface area contributed by atoms with Crippen LogP contribution < -0.4 is 4.74 Å². The summed E-state index contributed by atoms with van der Waals surface area (Å²) in [6.07, 6.45) is 8.18. The highest BCUT2D eigenvalue weighted by molar-refractivity contribution is 5.26. The fourth-order valence-electron chi connectivity index (χ4n) is 4.68. The normalized spacial score (nSPS) is 33.6.